The predicted octanol–water partition coefficient (Wildman–Crippen LogP) is 9.65. The number of nitrogens with one attached hydrogen (secondary N) is 1. The number of rotatable bonds is 11. The van der Waals surface area contributed by atoms with Crippen LogP contribution in [0.25, 0.3) is 22.0 Å². The van der Waals surface area contributed by atoms with E-state index in [2.05, 4.69) is 32.3 Å². The fourth-order valence-corrected chi connectivity index (χ4v) is 8.38. The normalized spacial score (nSPS) is 16.0. The van der Waals surface area contributed by atoms with Gasteiger partial charge in [-0.2, -0.15) is 45.3 Å². The molecule has 1 aliphatic carbocycles. The van der Waals surface area contributed by atoms with E-state index in [0.717, 1.165) is 42.2 Å². The van der Waals surface area contributed by atoms with E-state index in [9.17, 15) is 48.9 Å². The molecule has 10 nitrogen and oxygen atoms in total. The van der Waals surface area contributed by atoms with E-state index >= 15 is 8.78 Å². The first-order valence-corrected chi connectivity index (χ1v) is 22.0. The van der Waals surface area contributed by atoms with E-state index in [1.165, 1.54) is 36.8 Å². The first kappa shape index (κ1) is 48.3. The summed E-state index contributed by atoms with van der Waals surface area (Å²) < 4.78 is 158. The lowest BCUT2D eigenvalue weighted by molar-refractivity contribution is -0.143. The first-order chi connectivity index (χ1) is 29.6. The minimum Gasteiger partial charge on any atom is -0.346 e. The van der Waals surface area contributed by atoms with Crippen LogP contribution in [0.5, 0.6) is 0 Å². The number of nitrogens with zero attached hydrogens (tertiary/aromatic N) is 6. The topological polar surface area (TPSA) is 115 Å². The van der Waals surface area contributed by atoms with Crippen LogP contribution in [0, 0.1) is 23.5 Å². The molecular formula is C41H36ClF10N7O3S2. The molecule has 3 heterocycles. The van der Waals surface area contributed by atoms with Crippen LogP contribution in [0.4, 0.5) is 49.7 Å². The van der Waals surface area contributed by atoms with Crippen LogP contribution in [-0.2, 0) is 52.0 Å². The highest BCUT2D eigenvalue weighted by Gasteiger charge is 2.53. The highest BCUT2D eigenvalue weighted by Crippen LogP contribution is 2.52. The third-order valence-electron chi connectivity index (χ3n) is 10.2. The van der Waals surface area contributed by atoms with Crippen molar-refractivity contribution in [3.05, 3.63) is 93.0 Å². The number of hydrogen-bond donors (Lipinski definition) is 1. The molecule has 3 aromatic heterocycles. The van der Waals surface area contributed by atoms with Gasteiger partial charge < -0.3 is 5.32 Å². The molecule has 342 valence electrons. The van der Waals surface area contributed by atoms with E-state index < -0.39 is 112 Å². The van der Waals surface area contributed by atoms with E-state index in [0.29, 0.717) is 10.7 Å². The van der Waals surface area contributed by atoms with Crippen LogP contribution in [0.15, 0.2) is 42.5 Å². The molecule has 2 unspecified atom stereocenters. The Bertz CT molecular complexity index is 2740. The zero-order valence-electron chi connectivity index (χ0n) is 34.4. The van der Waals surface area contributed by atoms with Crippen LogP contribution in [0.2, 0.25) is 5.02 Å². The molecule has 2 amide bonds. The average Bonchev–Trinajstić information content (AvgIpc) is 3.80. The molecule has 6 rings (SSSR count). The number of carbonyl (C=O) groups excluding carboxylic acids is 2. The molecule has 1 aliphatic rings. The second kappa shape index (κ2) is 17.7. The van der Waals surface area contributed by atoms with Gasteiger partial charge in [-0.05, 0) is 79.9 Å². The third-order valence-corrected chi connectivity index (χ3v) is 12.9. The van der Waals surface area contributed by atoms with Crippen molar-refractivity contribution in [3.63, 3.8) is 0 Å². The standard InChI is InChI=1S/C41H36ClF10N7O3S2/c1-20-17-39(45,46)36-31(20)35(41(50,51)52)55-57(36)18-30(61)54-29(15-22-13-23(43)16-24(44)14-22)33-26(8-7-25(53-33)11-12-38(3,4)64(6)62)27-9-10-28(42)32-34(27)58(19-40(47,48)49)56-37(32)59(63-5)21(2)60/h7-10,13-14,16,20,29H,15,17-19H2,1-6H3,(H,54,61)/t20-,29?,64?/m0/s1. The van der Waals surface area contributed by atoms with Gasteiger partial charge in [0.15, 0.2) is 11.5 Å². The summed E-state index contributed by atoms with van der Waals surface area (Å²) in [6, 6.07) is 6.01. The van der Waals surface area contributed by atoms with Gasteiger partial charge in [0.2, 0.25) is 11.8 Å². The Morgan fingerprint density at radius 1 is 1.03 bits per heavy atom. The second-order valence-corrected chi connectivity index (χ2v) is 18.5. The fraction of sp³-hybridized carbons (Fsp3) is 0.390. The number of carbonyl (C=O) groups is 2. The van der Waals surface area contributed by atoms with Crippen LogP contribution in [0.1, 0.15) is 80.0 Å². The second-order valence-electron chi connectivity index (χ2n) is 15.4. The molecule has 0 radical (unpaired) electrons. The maximum Gasteiger partial charge on any atom is 0.435 e. The minimum atomic E-state index is -5.18. The number of benzene rings is 2. The van der Waals surface area contributed by atoms with Crippen LogP contribution in [0.3, 0.4) is 0 Å². The SMILES string of the molecule is CSN(C(C)=O)c1nn(CC(F)(F)F)c2c(-c3ccc(C#CC(C)(C)S(C)=O)nc3C(Cc3cc(F)cc(F)c3)NC(=O)Cn3nc(C(F)(F)F)c4c3C(F)(F)C[C@@H]4C)ccc(Cl)c12. The average molecular weight is 964 g/mol. The van der Waals surface area contributed by atoms with Gasteiger partial charge >= 0.3 is 12.4 Å². The van der Waals surface area contributed by atoms with Gasteiger partial charge in [0.1, 0.15) is 40.9 Å². The Hall–Kier alpha value is -5.14. The molecule has 23 heteroatoms. The lowest BCUT2D eigenvalue weighted by Gasteiger charge is -2.23. The first-order valence-electron chi connectivity index (χ1n) is 18.9. The number of fused-ring (bicyclic) bond motifs is 2. The maximum absolute atomic E-state index is 15.3. The van der Waals surface area contributed by atoms with Crippen molar-refractivity contribution in [2.45, 2.75) is 88.6 Å². The summed E-state index contributed by atoms with van der Waals surface area (Å²) in [7, 11) is -1.51. The summed E-state index contributed by atoms with van der Waals surface area (Å²) in [5.41, 5.74) is -4.40. The van der Waals surface area contributed by atoms with Gasteiger partial charge in [-0.25, -0.2) is 18.1 Å². The quantitative estimate of drug-likeness (QED) is 0.0797. The summed E-state index contributed by atoms with van der Waals surface area (Å²) in [5.74, 6) is -3.76. The Morgan fingerprint density at radius 3 is 2.25 bits per heavy atom. The predicted molar refractivity (Wildman–Crippen MR) is 221 cm³/mol. The molecule has 0 saturated carbocycles. The third kappa shape index (κ3) is 10.1. The number of pyridine rings is 1. The molecule has 2 aromatic carbocycles. The maximum atomic E-state index is 15.3. The van der Waals surface area contributed by atoms with Gasteiger partial charge in [-0.3, -0.25) is 23.2 Å². The number of amides is 2. The van der Waals surface area contributed by atoms with Crippen molar-refractivity contribution in [2.75, 3.05) is 16.8 Å². The van der Waals surface area contributed by atoms with Gasteiger partial charge in [0.25, 0.3) is 5.92 Å². The van der Waals surface area contributed by atoms with Gasteiger partial charge in [0.05, 0.1) is 27.7 Å². The van der Waals surface area contributed by atoms with Gasteiger partial charge in [0, 0.05) is 59.4 Å². The lowest BCUT2D eigenvalue weighted by Crippen LogP contribution is -2.35. The van der Waals surface area contributed by atoms with E-state index in [1.54, 1.807) is 13.8 Å². The number of hydrogen-bond acceptors (Lipinski definition) is 7. The largest absolute Gasteiger partial charge is 0.435 e. The van der Waals surface area contributed by atoms with Crippen molar-refractivity contribution >= 4 is 62.9 Å². The van der Waals surface area contributed by atoms with Crippen LogP contribution >= 0.6 is 23.5 Å². The molecule has 64 heavy (non-hydrogen) atoms. The van der Waals surface area contributed by atoms with Crippen molar-refractivity contribution in [1.29, 1.82) is 0 Å². The Morgan fingerprint density at radius 2 is 1.67 bits per heavy atom. The van der Waals surface area contributed by atoms with E-state index in [4.69, 9.17) is 11.6 Å². The summed E-state index contributed by atoms with van der Waals surface area (Å²) in [6.45, 7) is 2.51. The number of halogens is 11. The number of aromatic nitrogens is 5. The molecule has 1 N–H and O–H groups in total. The lowest BCUT2D eigenvalue weighted by atomic mass is 9.93. The monoisotopic (exact) mass is 963 g/mol. The molecule has 0 aliphatic heterocycles. The van der Waals surface area contributed by atoms with Crippen molar-refractivity contribution in [2.24, 2.45) is 0 Å². The highest BCUT2D eigenvalue weighted by molar-refractivity contribution is 8.00. The Labute approximate surface area is 370 Å². The van der Waals surface area contributed by atoms with Crippen molar-refractivity contribution in [3.8, 4) is 23.0 Å². The summed E-state index contributed by atoms with van der Waals surface area (Å²) in [5, 5.41) is 9.80. The van der Waals surface area contributed by atoms with Gasteiger partial charge in [-0.1, -0.05) is 30.5 Å². The summed E-state index contributed by atoms with van der Waals surface area (Å²) in [4.78, 5) is 31.4. The van der Waals surface area contributed by atoms with Crippen LogP contribution < -0.4 is 9.62 Å². The molecule has 0 bridgehead atoms. The van der Waals surface area contributed by atoms with Crippen molar-refractivity contribution in [1.82, 2.24) is 29.9 Å². The fourth-order valence-electron chi connectivity index (χ4n) is 7.39. The summed E-state index contributed by atoms with van der Waals surface area (Å²) >= 11 is 7.45. The van der Waals surface area contributed by atoms with Crippen molar-refractivity contribution < 1.29 is 57.7 Å². The minimum absolute atomic E-state index is 0.0687. The zero-order valence-corrected chi connectivity index (χ0v) is 36.8. The molecular weight excluding hydrogens is 928 g/mol. The molecule has 0 spiro atoms. The van der Waals surface area contributed by atoms with E-state index in [-0.39, 0.29) is 54.5 Å². The van der Waals surface area contributed by atoms with E-state index in [1.807, 2.05) is 0 Å². The Kier molecular flexibility index (Phi) is 13.3. The molecule has 5 aromatic rings. The Balaban J connectivity index is 1.62. The zero-order chi connectivity index (χ0) is 47.4. The van der Waals surface area contributed by atoms with Crippen LogP contribution in [-0.4, -0.2) is 64.0 Å². The smallest absolute Gasteiger partial charge is 0.346 e. The molecule has 0 fully saturated rings. The molecule has 0 saturated heterocycles. The van der Waals surface area contributed by atoms with Gasteiger partial charge in [-0.15, -0.1) is 0 Å². The summed E-state index contributed by atoms with van der Waals surface area (Å²) in [6.07, 6.45) is -8.76. The molecule has 3 atom stereocenters. The number of alkyl halides is 8. The number of anilines is 1. The highest BCUT2D eigenvalue weighted by atomic mass is 35.5.